The Morgan fingerprint density at radius 2 is 2.12 bits per heavy atom. The molecule has 3 nitrogen and oxygen atoms in total. The number of carboxylic acid groups (broad SMARTS) is 1. The number of benzene rings is 1. The summed E-state index contributed by atoms with van der Waals surface area (Å²) >= 11 is 0. The number of hydrogen-bond donors (Lipinski definition) is 1. The van der Waals surface area contributed by atoms with Crippen LogP contribution in [0.4, 0.5) is 13.2 Å². The number of aliphatic carboxylic acids is 1. The first kappa shape index (κ1) is 12.1. The monoisotopic (exact) mass is 232 g/mol. The molecule has 0 radical (unpaired) electrons. The van der Waals surface area contributed by atoms with Crippen LogP contribution in [0.1, 0.15) is 5.56 Å². The summed E-state index contributed by atoms with van der Waals surface area (Å²) in [6.45, 7) is -3.03. The van der Waals surface area contributed by atoms with Crippen LogP contribution in [0.3, 0.4) is 0 Å². The first-order valence-corrected chi connectivity index (χ1v) is 4.14. The van der Waals surface area contributed by atoms with Crippen LogP contribution in [0, 0.1) is 5.82 Å². The Bertz CT molecular complexity index is 416. The highest BCUT2D eigenvalue weighted by Gasteiger charge is 2.07. The summed E-state index contributed by atoms with van der Waals surface area (Å²) in [5.74, 6) is -2.39. The standard InChI is InChI=1S/C10H7F3O3/c11-8-5-7(16-10(12)13)3-1-6(8)2-4-9(14)15/h1-5,10H,(H,14,15)/b4-2+. The molecular weight excluding hydrogens is 225 g/mol. The lowest BCUT2D eigenvalue weighted by molar-refractivity contribution is -0.131. The maximum Gasteiger partial charge on any atom is 0.387 e. The van der Waals surface area contributed by atoms with Gasteiger partial charge in [0.05, 0.1) is 0 Å². The van der Waals surface area contributed by atoms with Gasteiger partial charge in [0.1, 0.15) is 11.6 Å². The lowest BCUT2D eigenvalue weighted by atomic mass is 10.2. The van der Waals surface area contributed by atoms with E-state index in [-0.39, 0.29) is 11.3 Å². The number of carboxylic acids is 1. The molecule has 0 atom stereocenters. The van der Waals surface area contributed by atoms with Crippen molar-refractivity contribution in [2.45, 2.75) is 6.61 Å². The first-order chi connectivity index (χ1) is 7.49. The number of ether oxygens (including phenoxy) is 1. The average molecular weight is 232 g/mol. The van der Waals surface area contributed by atoms with Crippen molar-refractivity contribution in [3.05, 3.63) is 35.7 Å². The Hall–Kier alpha value is -1.98. The summed E-state index contributed by atoms with van der Waals surface area (Å²) in [5.41, 5.74) is -0.0241. The minimum atomic E-state index is -3.03. The van der Waals surface area contributed by atoms with Gasteiger partial charge in [0.15, 0.2) is 0 Å². The van der Waals surface area contributed by atoms with E-state index in [1.54, 1.807) is 0 Å². The molecule has 1 aromatic rings. The molecule has 0 aliphatic heterocycles. The van der Waals surface area contributed by atoms with Crippen molar-refractivity contribution in [3.63, 3.8) is 0 Å². The summed E-state index contributed by atoms with van der Waals surface area (Å²) in [4.78, 5) is 10.2. The third-order valence-electron chi connectivity index (χ3n) is 1.60. The molecule has 1 rings (SSSR count). The van der Waals surface area contributed by atoms with Gasteiger partial charge in [0.25, 0.3) is 0 Å². The molecule has 0 heterocycles. The minimum Gasteiger partial charge on any atom is -0.478 e. The Morgan fingerprint density at radius 3 is 2.62 bits per heavy atom. The summed E-state index contributed by atoms with van der Waals surface area (Å²) in [6.07, 6.45) is 1.76. The second kappa shape index (κ2) is 5.20. The van der Waals surface area contributed by atoms with Gasteiger partial charge in [-0.2, -0.15) is 8.78 Å². The van der Waals surface area contributed by atoms with Crippen LogP contribution in [-0.4, -0.2) is 17.7 Å². The summed E-state index contributed by atoms with van der Waals surface area (Å²) in [5, 5.41) is 8.31. The third-order valence-corrected chi connectivity index (χ3v) is 1.60. The maximum atomic E-state index is 13.2. The van der Waals surface area contributed by atoms with Crippen LogP contribution in [-0.2, 0) is 4.79 Å². The van der Waals surface area contributed by atoms with Crippen LogP contribution in [0.5, 0.6) is 5.75 Å². The SMILES string of the molecule is O=C(O)/C=C/c1ccc(OC(F)F)cc1F. The molecule has 0 saturated heterocycles. The zero-order chi connectivity index (χ0) is 12.1. The Kier molecular flexibility index (Phi) is 3.93. The second-order valence-electron chi connectivity index (χ2n) is 2.73. The Balaban J connectivity index is 2.87. The summed E-state index contributed by atoms with van der Waals surface area (Å²) < 4.78 is 40.7. The molecule has 1 N–H and O–H groups in total. The van der Waals surface area contributed by atoms with Gasteiger partial charge < -0.3 is 9.84 Å². The van der Waals surface area contributed by atoms with Crippen molar-refractivity contribution in [1.29, 1.82) is 0 Å². The molecule has 1 aromatic carbocycles. The molecule has 16 heavy (non-hydrogen) atoms. The molecule has 0 unspecified atom stereocenters. The summed E-state index contributed by atoms with van der Waals surface area (Å²) in [6, 6.07) is 3.02. The zero-order valence-corrected chi connectivity index (χ0v) is 7.86. The van der Waals surface area contributed by atoms with Crippen molar-refractivity contribution in [3.8, 4) is 5.75 Å². The zero-order valence-electron chi connectivity index (χ0n) is 7.86. The number of halogens is 3. The lowest BCUT2D eigenvalue weighted by Crippen LogP contribution is -2.02. The van der Waals surface area contributed by atoms with Crippen molar-refractivity contribution >= 4 is 12.0 Å². The van der Waals surface area contributed by atoms with Gasteiger partial charge in [-0.25, -0.2) is 9.18 Å². The van der Waals surface area contributed by atoms with E-state index in [2.05, 4.69) is 4.74 Å². The first-order valence-electron chi connectivity index (χ1n) is 4.14. The highest BCUT2D eigenvalue weighted by atomic mass is 19.3. The van der Waals surface area contributed by atoms with Crippen molar-refractivity contribution in [1.82, 2.24) is 0 Å². The van der Waals surface area contributed by atoms with Gasteiger partial charge in [-0.05, 0) is 18.2 Å². The molecule has 0 fully saturated rings. The van der Waals surface area contributed by atoms with E-state index >= 15 is 0 Å². The van der Waals surface area contributed by atoms with E-state index in [0.717, 1.165) is 30.4 Å². The fraction of sp³-hybridized carbons (Fsp3) is 0.100. The third kappa shape index (κ3) is 3.64. The second-order valence-corrected chi connectivity index (χ2v) is 2.73. The van der Waals surface area contributed by atoms with Gasteiger partial charge in [-0.1, -0.05) is 0 Å². The van der Waals surface area contributed by atoms with Gasteiger partial charge in [-0.3, -0.25) is 0 Å². The molecule has 6 heteroatoms. The molecule has 0 spiro atoms. The fourth-order valence-corrected chi connectivity index (χ4v) is 0.980. The largest absolute Gasteiger partial charge is 0.478 e. The normalized spacial score (nSPS) is 11.0. The lowest BCUT2D eigenvalue weighted by Gasteiger charge is -2.04. The predicted molar refractivity (Wildman–Crippen MR) is 49.7 cm³/mol. The highest BCUT2D eigenvalue weighted by Crippen LogP contribution is 2.19. The highest BCUT2D eigenvalue weighted by molar-refractivity contribution is 5.85. The minimum absolute atomic E-state index is 0.0241. The number of rotatable bonds is 4. The van der Waals surface area contributed by atoms with Gasteiger partial charge in [-0.15, -0.1) is 0 Å². The van der Waals surface area contributed by atoms with Crippen LogP contribution in [0.2, 0.25) is 0 Å². The van der Waals surface area contributed by atoms with Gasteiger partial charge in [0, 0.05) is 17.7 Å². The molecule has 0 saturated carbocycles. The maximum absolute atomic E-state index is 13.2. The predicted octanol–water partition coefficient (Wildman–Crippen LogP) is 2.52. The van der Waals surface area contributed by atoms with Crippen LogP contribution in [0.15, 0.2) is 24.3 Å². The number of carbonyl (C=O) groups is 1. The van der Waals surface area contributed by atoms with Gasteiger partial charge >= 0.3 is 12.6 Å². The summed E-state index contributed by atoms with van der Waals surface area (Å²) in [7, 11) is 0. The Morgan fingerprint density at radius 1 is 1.44 bits per heavy atom. The van der Waals surface area contributed by atoms with E-state index in [1.807, 2.05) is 0 Å². The topological polar surface area (TPSA) is 46.5 Å². The van der Waals surface area contributed by atoms with E-state index in [0.29, 0.717) is 0 Å². The van der Waals surface area contributed by atoms with Crippen molar-refractivity contribution in [2.24, 2.45) is 0 Å². The van der Waals surface area contributed by atoms with E-state index in [4.69, 9.17) is 5.11 Å². The van der Waals surface area contributed by atoms with E-state index in [9.17, 15) is 18.0 Å². The Labute approximate surface area is 88.8 Å². The van der Waals surface area contributed by atoms with Crippen LogP contribution in [0.25, 0.3) is 6.08 Å². The smallest absolute Gasteiger partial charge is 0.387 e. The van der Waals surface area contributed by atoms with E-state index < -0.39 is 18.4 Å². The fourth-order valence-electron chi connectivity index (χ4n) is 0.980. The van der Waals surface area contributed by atoms with Crippen molar-refractivity contribution < 1.29 is 27.8 Å². The quantitative estimate of drug-likeness (QED) is 0.811. The van der Waals surface area contributed by atoms with Gasteiger partial charge in [0.2, 0.25) is 0 Å². The molecular formula is C10H7F3O3. The average Bonchev–Trinajstić information content (AvgIpc) is 2.15. The molecule has 0 aliphatic carbocycles. The molecule has 86 valence electrons. The molecule has 0 aliphatic rings. The number of hydrogen-bond acceptors (Lipinski definition) is 2. The van der Waals surface area contributed by atoms with Crippen molar-refractivity contribution in [2.75, 3.05) is 0 Å². The molecule has 0 bridgehead atoms. The number of alkyl halides is 2. The molecule has 0 aromatic heterocycles. The van der Waals surface area contributed by atoms with Crippen LogP contribution >= 0.6 is 0 Å². The van der Waals surface area contributed by atoms with E-state index in [1.165, 1.54) is 0 Å². The van der Waals surface area contributed by atoms with Crippen LogP contribution < -0.4 is 4.74 Å². The molecule has 0 amide bonds.